The van der Waals surface area contributed by atoms with E-state index in [0.29, 0.717) is 11.7 Å². The lowest BCUT2D eigenvalue weighted by atomic mass is 9.93. The zero-order chi connectivity index (χ0) is 15.6. The van der Waals surface area contributed by atoms with Crippen molar-refractivity contribution in [2.75, 3.05) is 5.75 Å². The molecule has 1 aliphatic carbocycles. The van der Waals surface area contributed by atoms with Crippen molar-refractivity contribution in [2.45, 2.75) is 57.1 Å². The van der Waals surface area contributed by atoms with E-state index in [4.69, 9.17) is 5.73 Å². The van der Waals surface area contributed by atoms with Gasteiger partial charge in [0.2, 0.25) is 5.91 Å². The third kappa shape index (κ3) is 3.98. The maximum Gasteiger partial charge on any atom is 0.238 e. The molecule has 4 nitrogen and oxygen atoms in total. The van der Waals surface area contributed by atoms with Crippen LogP contribution in [0.4, 0.5) is 0 Å². The van der Waals surface area contributed by atoms with Crippen molar-refractivity contribution in [1.82, 2.24) is 10.3 Å². The average molecular weight is 307 g/mol. The summed E-state index contributed by atoms with van der Waals surface area (Å²) in [5.74, 6) is 0.757. The number of carbonyl (C=O) groups is 1. The molecule has 3 N–H and O–H groups in total. The van der Waals surface area contributed by atoms with Gasteiger partial charge in [0.25, 0.3) is 0 Å². The molecule has 1 fully saturated rings. The van der Waals surface area contributed by atoms with Crippen molar-refractivity contribution in [3.05, 3.63) is 23.4 Å². The molecule has 1 atom stereocenters. The molecule has 116 valence electrons. The van der Waals surface area contributed by atoms with Crippen molar-refractivity contribution in [3.63, 3.8) is 0 Å². The van der Waals surface area contributed by atoms with Crippen LogP contribution in [0.1, 0.15) is 37.9 Å². The number of primary amides is 1. The SMILES string of the molecule is Cc1cc(C)nc(SCC(NC(C)C)(C(N)=O)C2CC2)c1. The first kappa shape index (κ1) is 16.3. The lowest BCUT2D eigenvalue weighted by Crippen LogP contribution is -2.61. The number of rotatable bonds is 7. The summed E-state index contributed by atoms with van der Waals surface area (Å²) in [5.41, 5.74) is 7.33. The Balaban J connectivity index is 2.16. The second kappa shape index (κ2) is 6.36. The van der Waals surface area contributed by atoms with Crippen molar-refractivity contribution >= 4 is 17.7 Å². The fraction of sp³-hybridized carbons (Fsp3) is 0.625. The Hall–Kier alpha value is -1.07. The maximum atomic E-state index is 12.1. The molecule has 2 rings (SSSR count). The van der Waals surface area contributed by atoms with Gasteiger partial charge in [-0.05, 0) is 64.2 Å². The smallest absolute Gasteiger partial charge is 0.238 e. The molecule has 1 heterocycles. The molecular formula is C16H25N3OS. The van der Waals surface area contributed by atoms with Crippen molar-refractivity contribution in [3.8, 4) is 0 Å². The lowest BCUT2D eigenvalue weighted by Gasteiger charge is -2.33. The number of nitrogens with zero attached hydrogens (tertiary/aromatic N) is 1. The standard InChI is InChI=1S/C16H25N3OS/c1-10(2)19-16(15(17)20,13-5-6-13)9-21-14-8-11(3)7-12(4)18-14/h7-8,10,13,19H,5-6,9H2,1-4H3,(H2,17,20). The molecule has 21 heavy (non-hydrogen) atoms. The number of hydrogen-bond donors (Lipinski definition) is 2. The molecule has 0 radical (unpaired) electrons. The van der Waals surface area contributed by atoms with E-state index < -0.39 is 5.54 Å². The monoisotopic (exact) mass is 307 g/mol. The van der Waals surface area contributed by atoms with Gasteiger partial charge in [-0.1, -0.05) is 0 Å². The van der Waals surface area contributed by atoms with Crippen LogP contribution in [0.5, 0.6) is 0 Å². The summed E-state index contributed by atoms with van der Waals surface area (Å²) in [5, 5.41) is 4.39. The first-order valence-electron chi connectivity index (χ1n) is 7.49. The Labute approximate surface area is 131 Å². The van der Waals surface area contributed by atoms with Gasteiger partial charge in [0, 0.05) is 17.5 Å². The number of amides is 1. The summed E-state index contributed by atoms with van der Waals surface area (Å²) >= 11 is 1.62. The van der Waals surface area contributed by atoms with Crippen LogP contribution < -0.4 is 11.1 Å². The van der Waals surface area contributed by atoms with E-state index in [-0.39, 0.29) is 11.9 Å². The van der Waals surface area contributed by atoms with Crippen LogP contribution in [-0.2, 0) is 4.79 Å². The summed E-state index contributed by atoms with van der Waals surface area (Å²) < 4.78 is 0. The first-order chi connectivity index (χ1) is 9.83. The van der Waals surface area contributed by atoms with Gasteiger partial charge in [0.05, 0.1) is 5.03 Å². The molecule has 0 spiro atoms. The molecule has 0 aliphatic heterocycles. The number of pyridine rings is 1. The van der Waals surface area contributed by atoms with Gasteiger partial charge in [0.15, 0.2) is 0 Å². The highest BCUT2D eigenvalue weighted by molar-refractivity contribution is 7.99. The molecule has 1 aliphatic rings. The topological polar surface area (TPSA) is 68.0 Å². The summed E-state index contributed by atoms with van der Waals surface area (Å²) in [7, 11) is 0. The van der Waals surface area contributed by atoms with Gasteiger partial charge in [-0.3, -0.25) is 4.79 Å². The van der Waals surface area contributed by atoms with E-state index >= 15 is 0 Å². The Bertz CT molecular complexity index is 508. The highest BCUT2D eigenvalue weighted by Gasteiger charge is 2.50. The summed E-state index contributed by atoms with van der Waals surface area (Å²) in [6.07, 6.45) is 2.15. The number of nitrogens with one attached hydrogen (secondary N) is 1. The van der Waals surface area contributed by atoms with Crippen LogP contribution in [0.15, 0.2) is 17.2 Å². The van der Waals surface area contributed by atoms with Crippen molar-refractivity contribution in [1.29, 1.82) is 0 Å². The third-order valence-electron chi connectivity index (χ3n) is 3.78. The van der Waals surface area contributed by atoms with Crippen LogP contribution in [0.2, 0.25) is 0 Å². The normalized spacial score (nSPS) is 17.8. The molecule has 5 heteroatoms. The molecule has 0 saturated heterocycles. The average Bonchev–Trinajstić information content (AvgIpc) is 3.16. The molecule has 1 aromatic heterocycles. The van der Waals surface area contributed by atoms with Crippen LogP contribution in [0.3, 0.4) is 0 Å². The number of aryl methyl sites for hydroxylation is 2. The van der Waals surface area contributed by atoms with E-state index in [0.717, 1.165) is 23.6 Å². The third-order valence-corrected chi connectivity index (χ3v) is 4.89. The molecule has 1 amide bonds. The Morgan fingerprint density at radius 1 is 1.48 bits per heavy atom. The van der Waals surface area contributed by atoms with Gasteiger partial charge >= 0.3 is 0 Å². The zero-order valence-electron chi connectivity index (χ0n) is 13.3. The quantitative estimate of drug-likeness (QED) is 0.759. The van der Waals surface area contributed by atoms with E-state index in [2.05, 4.69) is 43.2 Å². The molecular weight excluding hydrogens is 282 g/mol. The van der Waals surface area contributed by atoms with Crippen LogP contribution in [0.25, 0.3) is 0 Å². The maximum absolute atomic E-state index is 12.1. The van der Waals surface area contributed by atoms with E-state index in [1.807, 2.05) is 6.92 Å². The van der Waals surface area contributed by atoms with Gasteiger partial charge < -0.3 is 11.1 Å². The highest BCUT2D eigenvalue weighted by Crippen LogP contribution is 2.42. The van der Waals surface area contributed by atoms with Crippen molar-refractivity contribution < 1.29 is 4.79 Å². The Morgan fingerprint density at radius 3 is 2.62 bits per heavy atom. The number of nitrogens with two attached hydrogens (primary N) is 1. The molecule has 0 aromatic carbocycles. The van der Waals surface area contributed by atoms with Crippen LogP contribution in [-0.4, -0.2) is 28.2 Å². The summed E-state index contributed by atoms with van der Waals surface area (Å²) in [6.45, 7) is 8.17. The summed E-state index contributed by atoms with van der Waals surface area (Å²) in [4.78, 5) is 16.7. The largest absolute Gasteiger partial charge is 0.368 e. The molecule has 1 aromatic rings. The minimum absolute atomic E-state index is 0.228. The second-order valence-corrected chi connectivity index (χ2v) is 7.32. The van der Waals surface area contributed by atoms with Crippen molar-refractivity contribution in [2.24, 2.45) is 11.7 Å². The van der Waals surface area contributed by atoms with Gasteiger partial charge in [-0.15, -0.1) is 11.8 Å². The van der Waals surface area contributed by atoms with Gasteiger partial charge in [-0.2, -0.15) is 0 Å². The fourth-order valence-corrected chi connectivity index (χ4v) is 4.09. The molecule has 1 saturated carbocycles. The number of thioether (sulfide) groups is 1. The fourth-order valence-electron chi connectivity index (χ4n) is 2.78. The second-order valence-electron chi connectivity index (χ2n) is 6.32. The predicted octanol–water partition coefficient (Wildman–Crippen LogP) is 2.42. The highest BCUT2D eigenvalue weighted by atomic mass is 32.2. The van der Waals surface area contributed by atoms with Crippen LogP contribution >= 0.6 is 11.8 Å². The molecule has 0 bridgehead atoms. The Morgan fingerprint density at radius 2 is 2.14 bits per heavy atom. The van der Waals surface area contributed by atoms with E-state index in [1.54, 1.807) is 11.8 Å². The van der Waals surface area contributed by atoms with Gasteiger partial charge in [0.1, 0.15) is 5.54 Å². The number of hydrogen-bond acceptors (Lipinski definition) is 4. The minimum Gasteiger partial charge on any atom is -0.368 e. The van der Waals surface area contributed by atoms with Gasteiger partial charge in [-0.25, -0.2) is 4.98 Å². The summed E-state index contributed by atoms with van der Waals surface area (Å²) in [6, 6.07) is 4.34. The number of carbonyl (C=O) groups excluding carboxylic acids is 1. The number of aromatic nitrogens is 1. The predicted molar refractivity (Wildman–Crippen MR) is 87.4 cm³/mol. The molecule has 1 unspecified atom stereocenters. The zero-order valence-corrected chi connectivity index (χ0v) is 14.1. The van der Waals surface area contributed by atoms with E-state index in [9.17, 15) is 4.79 Å². The van der Waals surface area contributed by atoms with Crippen LogP contribution in [0, 0.1) is 19.8 Å². The van der Waals surface area contributed by atoms with E-state index in [1.165, 1.54) is 5.56 Å². The Kier molecular flexibility index (Phi) is 4.94. The first-order valence-corrected chi connectivity index (χ1v) is 8.48. The minimum atomic E-state index is -0.613. The lowest BCUT2D eigenvalue weighted by molar-refractivity contribution is -0.124.